The average Bonchev–Trinajstić information content (AvgIpc) is 2.31. The topological polar surface area (TPSA) is 53.0 Å². The highest BCUT2D eigenvalue weighted by Crippen LogP contribution is 1.96. The molecule has 0 amide bonds. The number of nitrogens with zero attached hydrogens (tertiary/aromatic N) is 2. The average molecular weight is 142 g/mol. The molecule has 10 heavy (non-hydrogen) atoms. The Labute approximate surface area is 59.0 Å². The first kappa shape index (κ1) is 7.05. The highest BCUT2D eigenvalue weighted by atomic mass is 16.8. The van der Waals surface area contributed by atoms with Crippen molar-refractivity contribution in [3.05, 3.63) is 17.1 Å². The van der Waals surface area contributed by atoms with Crippen molar-refractivity contribution in [2.75, 3.05) is 0 Å². The predicted octanol–water partition coefficient (Wildman–Crippen LogP) is 0.651. The molecule has 0 radical (unpaired) electrons. The van der Waals surface area contributed by atoms with E-state index in [0.717, 1.165) is 19.3 Å². The van der Waals surface area contributed by atoms with Crippen LogP contribution in [0.4, 0.5) is 0 Å². The van der Waals surface area contributed by atoms with E-state index in [2.05, 4.69) is 16.7 Å². The Kier molecular flexibility index (Phi) is 2.25. The second-order valence-corrected chi connectivity index (χ2v) is 2.17. The molecule has 1 aromatic rings. The molecular formula is C6H10N2O2. The second kappa shape index (κ2) is 3.20. The van der Waals surface area contributed by atoms with Gasteiger partial charge in [0.05, 0.1) is 0 Å². The summed E-state index contributed by atoms with van der Waals surface area (Å²) in [7, 11) is 0. The predicted molar refractivity (Wildman–Crippen MR) is 34.1 cm³/mol. The zero-order valence-corrected chi connectivity index (χ0v) is 5.91. The van der Waals surface area contributed by atoms with Gasteiger partial charge in [-0.3, -0.25) is 4.63 Å². The minimum Gasteiger partial charge on any atom is -0.359 e. The van der Waals surface area contributed by atoms with Gasteiger partial charge in [-0.25, -0.2) is 0 Å². The molecule has 4 heteroatoms. The van der Waals surface area contributed by atoms with Crippen molar-refractivity contribution < 1.29 is 9.53 Å². The summed E-state index contributed by atoms with van der Waals surface area (Å²) < 4.78 is 4.27. The fourth-order valence-corrected chi connectivity index (χ4v) is 0.741. The van der Waals surface area contributed by atoms with Crippen molar-refractivity contribution in [3.63, 3.8) is 0 Å². The molecule has 0 aliphatic rings. The number of aryl methyl sites for hydroxylation is 1. The van der Waals surface area contributed by atoms with E-state index in [1.54, 1.807) is 0 Å². The molecule has 1 rings (SSSR count). The van der Waals surface area contributed by atoms with Crippen molar-refractivity contribution in [1.82, 2.24) is 5.16 Å². The van der Waals surface area contributed by atoms with Crippen molar-refractivity contribution in [2.24, 2.45) is 0 Å². The summed E-state index contributed by atoms with van der Waals surface area (Å²) in [5.74, 6) is 0. The van der Waals surface area contributed by atoms with Gasteiger partial charge in [-0.2, -0.15) is 0 Å². The van der Waals surface area contributed by atoms with E-state index in [1.807, 2.05) is 0 Å². The number of unbranched alkanes of at least 4 members (excludes halogenated alkanes) is 1. The summed E-state index contributed by atoms with van der Waals surface area (Å²) in [5.41, 5.74) is 0.613. The summed E-state index contributed by atoms with van der Waals surface area (Å²) in [4.78, 5) is 0.454. The monoisotopic (exact) mass is 142 g/mol. The molecule has 0 spiro atoms. The first-order chi connectivity index (χ1) is 4.84. The van der Waals surface area contributed by atoms with Gasteiger partial charge in [-0.15, -0.1) is 0 Å². The Morgan fingerprint density at radius 2 is 2.60 bits per heavy atom. The normalized spacial score (nSPS) is 10.1. The standard InChI is InChI=1S/C6H10N2O2/c1-2-3-4-6-5-7-10-8(6)9/h5H,2-4H2,1H3. The Hall–Kier alpha value is -1.06. The lowest BCUT2D eigenvalue weighted by atomic mass is 10.2. The van der Waals surface area contributed by atoms with Gasteiger partial charge in [0.1, 0.15) is 0 Å². The number of hydrogen-bond donors (Lipinski definition) is 0. The van der Waals surface area contributed by atoms with Crippen LogP contribution in [0.1, 0.15) is 25.5 Å². The first-order valence-corrected chi connectivity index (χ1v) is 3.38. The van der Waals surface area contributed by atoms with Crippen molar-refractivity contribution in [1.29, 1.82) is 0 Å². The van der Waals surface area contributed by atoms with Crippen molar-refractivity contribution in [3.8, 4) is 0 Å². The Morgan fingerprint density at radius 1 is 1.80 bits per heavy atom. The molecule has 0 aliphatic carbocycles. The third-order valence-corrected chi connectivity index (χ3v) is 1.34. The van der Waals surface area contributed by atoms with Crippen LogP contribution in [0.15, 0.2) is 10.8 Å². The summed E-state index contributed by atoms with van der Waals surface area (Å²) in [6, 6.07) is 0. The van der Waals surface area contributed by atoms with Gasteiger partial charge in [0.25, 0.3) is 0 Å². The van der Waals surface area contributed by atoms with Crippen molar-refractivity contribution >= 4 is 0 Å². The molecule has 0 bridgehead atoms. The van der Waals surface area contributed by atoms with Gasteiger partial charge in [-0.05, 0) is 11.3 Å². The molecule has 1 aromatic heterocycles. The van der Waals surface area contributed by atoms with Crippen LogP contribution in [-0.2, 0) is 6.42 Å². The molecule has 0 unspecified atom stereocenters. The first-order valence-electron chi connectivity index (χ1n) is 3.38. The molecule has 4 nitrogen and oxygen atoms in total. The minimum atomic E-state index is 0.454. The molecule has 0 N–H and O–H groups in total. The minimum absolute atomic E-state index is 0.454. The summed E-state index contributed by atoms with van der Waals surface area (Å²) >= 11 is 0. The quantitative estimate of drug-likeness (QED) is 0.582. The summed E-state index contributed by atoms with van der Waals surface area (Å²) in [6.07, 6.45) is 4.29. The molecule has 1 heterocycles. The Bertz CT molecular complexity index is 197. The third-order valence-electron chi connectivity index (χ3n) is 1.34. The van der Waals surface area contributed by atoms with Gasteiger partial charge in [0.2, 0.25) is 6.20 Å². The van der Waals surface area contributed by atoms with Gasteiger partial charge in [0, 0.05) is 11.6 Å². The lowest BCUT2D eigenvalue weighted by Crippen LogP contribution is -2.27. The molecule has 0 aromatic carbocycles. The molecule has 0 atom stereocenters. The van der Waals surface area contributed by atoms with E-state index in [4.69, 9.17) is 0 Å². The second-order valence-electron chi connectivity index (χ2n) is 2.17. The van der Waals surface area contributed by atoms with Crippen LogP contribution in [0.2, 0.25) is 0 Å². The number of aromatic nitrogens is 2. The molecule has 0 aliphatic heterocycles. The number of rotatable bonds is 3. The van der Waals surface area contributed by atoms with Gasteiger partial charge < -0.3 is 5.21 Å². The molecular weight excluding hydrogens is 132 g/mol. The number of hydrogen-bond acceptors (Lipinski definition) is 3. The summed E-state index contributed by atoms with van der Waals surface area (Å²) in [5, 5.41) is 14.0. The molecule has 0 fully saturated rings. The SMILES string of the molecule is CCCCc1cno[n+]1[O-]. The van der Waals surface area contributed by atoms with Crippen LogP contribution in [0.3, 0.4) is 0 Å². The van der Waals surface area contributed by atoms with Crippen LogP contribution >= 0.6 is 0 Å². The van der Waals surface area contributed by atoms with Gasteiger partial charge in [0.15, 0.2) is 5.69 Å². The molecule has 0 saturated heterocycles. The van der Waals surface area contributed by atoms with Crippen LogP contribution in [0.5, 0.6) is 0 Å². The maximum atomic E-state index is 10.6. The summed E-state index contributed by atoms with van der Waals surface area (Å²) in [6.45, 7) is 2.07. The maximum absolute atomic E-state index is 10.6. The fraction of sp³-hybridized carbons (Fsp3) is 0.667. The Balaban J connectivity index is 2.49. The largest absolute Gasteiger partial charge is 0.359 e. The van der Waals surface area contributed by atoms with Crippen LogP contribution < -0.4 is 4.90 Å². The van der Waals surface area contributed by atoms with Gasteiger partial charge in [-0.1, -0.05) is 13.3 Å². The lowest BCUT2D eigenvalue weighted by molar-refractivity contribution is -0.807. The van der Waals surface area contributed by atoms with E-state index in [1.165, 1.54) is 6.20 Å². The Morgan fingerprint density at radius 3 is 3.10 bits per heavy atom. The van der Waals surface area contributed by atoms with E-state index >= 15 is 0 Å². The van der Waals surface area contributed by atoms with E-state index < -0.39 is 0 Å². The third kappa shape index (κ3) is 1.46. The van der Waals surface area contributed by atoms with E-state index in [-0.39, 0.29) is 0 Å². The van der Waals surface area contributed by atoms with Gasteiger partial charge >= 0.3 is 0 Å². The van der Waals surface area contributed by atoms with E-state index in [0.29, 0.717) is 10.6 Å². The smallest absolute Gasteiger partial charge is 0.208 e. The van der Waals surface area contributed by atoms with Crippen molar-refractivity contribution in [2.45, 2.75) is 26.2 Å². The fourth-order valence-electron chi connectivity index (χ4n) is 0.741. The molecule has 56 valence electrons. The van der Waals surface area contributed by atoms with Crippen LogP contribution in [0.25, 0.3) is 0 Å². The lowest BCUT2D eigenvalue weighted by Gasteiger charge is -1.91. The van der Waals surface area contributed by atoms with Crippen LogP contribution in [-0.4, -0.2) is 5.16 Å². The maximum Gasteiger partial charge on any atom is 0.208 e. The van der Waals surface area contributed by atoms with E-state index in [9.17, 15) is 5.21 Å². The molecule has 0 saturated carbocycles. The highest BCUT2D eigenvalue weighted by molar-refractivity contribution is 4.82. The zero-order valence-electron chi connectivity index (χ0n) is 5.91. The highest BCUT2D eigenvalue weighted by Gasteiger charge is 2.04. The van der Waals surface area contributed by atoms with Crippen LogP contribution in [0, 0.1) is 5.21 Å². The zero-order chi connectivity index (χ0) is 7.40.